The molecule has 0 radical (unpaired) electrons. The molecule has 13 heavy (non-hydrogen) atoms. The van der Waals surface area contributed by atoms with E-state index in [4.69, 9.17) is 0 Å². The molecule has 0 spiro atoms. The van der Waals surface area contributed by atoms with E-state index in [1.807, 2.05) is 6.92 Å². The van der Waals surface area contributed by atoms with Crippen molar-refractivity contribution in [2.45, 2.75) is 6.92 Å². The normalized spacial score (nSPS) is 9.62. The van der Waals surface area contributed by atoms with Crippen molar-refractivity contribution in [3.05, 3.63) is 24.5 Å². The fraction of sp³-hybridized carbons (Fsp3) is 0.375. The number of carbonyl (C=O) groups excluding carboxylic acids is 1. The molecule has 0 unspecified atom stereocenters. The first-order chi connectivity index (χ1) is 6.29. The van der Waals surface area contributed by atoms with Gasteiger partial charge >= 0.3 is 0 Å². The first kappa shape index (κ1) is 9.44. The summed E-state index contributed by atoms with van der Waals surface area (Å²) in [6.07, 6.45) is 3.09. The Hall–Kier alpha value is -1.65. The van der Waals surface area contributed by atoms with E-state index in [0.717, 1.165) is 0 Å². The van der Waals surface area contributed by atoms with Crippen LogP contribution in [0.4, 0.5) is 0 Å². The predicted octanol–water partition coefficient (Wildman–Crippen LogP) is 0.453. The highest BCUT2D eigenvalue weighted by atomic mass is 16.2. The highest BCUT2D eigenvalue weighted by molar-refractivity contribution is 5.91. The van der Waals surface area contributed by atoms with Crippen LogP contribution in [0.15, 0.2) is 18.9 Å². The predicted molar refractivity (Wildman–Crippen MR) is 48.2 cm³/mol. The highest BCUT2D eigenvalue weighted by Gasteiger charge is 2.14. The van der Waals surface area contributed by atoms with E-state index in [1.165, 1.54) is 6.20 Å². The molecular weight excluding hydrogens is 168 g/mol. The van der Waals surface area contributed by atoms with E-state index in [-0.39, 0.29) is 5.91 Å². The summed E-state index contributed by atoms with van der Waals surface area (Å²) in [5.41, 5.74) is 0.337. The molecular formula is C8H12N4O. The van der Waals surface area contributed by atoms with E-state index in [9.17, 15) is 4.79 Å². The van der Waals surface area contributed by atoms with Crippen LogP contribution in [0.1, 0.15) is 17.4 Å². The lowest BCUT2D eigenvalue weighted by Crippen LogP contribution is -2.31. The molecule has 1 amide bonds. The van der Waals surface area contributed by atoms with Crippen LogP contribution < -0.4 is 0 Å². The average molecular weight is 180 g/mol. The highest BCUT2D eigenvalue weighted by Crippen LogP contribution is 1.98. The van der Waals surface area contributed by atoms with E-state index < -0.39 is 0 Å². The number of rotatable bonds is 4. The molecule has 0 aliphatic rings. The first-order valence-electron chi connectivity index (χ1n) is 4.05. The summed E-state index contributed by atoms with van der Waals surface area (Å²) < 4.78 is 0. The second kappa shape index (κ2) is 4.39. The number of carbonyl (C=O) groups is 1. The van der Waals surface area contributed by atoms with Crippen LogP contribution in [-0.2, 0) is 0 Å². The second-order valence-corrected chi connectivity index (χ2v) is 2.49. The lowest BCUT2D eigenvalue weighted by molar-refractivity contribution is 0.0776. The summed E-state index contributed by atoms with van der Waals surface area (Å²) in [5.74, 6) is -0.129. The molecule has 0 aromatic carbocycles. The molecule has 1 aromatic rings. The molecule has 5 heteroatoms. The Morgan fingerprint density at radius 3 is 3.08 bits per heavy atom. The Labute approximate surface area is 76.4 Å². The number of H-pyrrole nitrogens is 1. The Kier molecular flexibility index (Phi) is 3.19. The van der Waals surface area contributed by atoms with Crippen molar-refractivity contribution >= 4 is 5.91 Å². The molecule has 0 bridgehead atoms. The average Bonchev–Trinajstić information content (AvgIpc) is 2.65. The van der Waals surface area contributed by atoms with Gasteiger partial charge in [-0.3, -0.25) is 4.79 Å². The van der Waals surface area contributed by atoms with Gasteiger partial charge in [0.1, 0.15) is 0 Å². The third-order valence-corrected chi connectivity index (χ3v) is 1.65. The van der Waals surface area contributed by atoms with Gasteiger partial charge in [-0.05, 0) is 6.92 Å². The van der Waals surface area contributed by atoms with E-state index in [0.29, 0.717) is 18.8 Å². The minimum Gasteiger partial charge on any atom is -0.334 e. The molecule has 1 aromatic heterocycles. The molecule has 70 valence electrons. The molecule has 0 fully saturated rings. The zero-order valence-electron chi connectivity index (χ0n) is 7.53. The number of likely N-dealkylation sites (N-methyl/N-ethyl adjacent to an activating group) is 1. The Balaban J connectivity index is 2.70. The number of nitrogens with one attached hydrogen (secondary N) is 1. The maximum absolute atomic E-state index is 11.6. The number of aromatic nitrogens is 3. The SMILES string of the molecule is C=CCN(CC)C(=O)c1cn[nH]n1. The molecule has 1 heterocycles. The van der Waals surface area contributed by atoms with Crippen molar-refractivity contribution in [3.63, 3.8) is 0 Å². The largest absolute Gasteiger partial charge is 0.334 e. The van der Waals surface area contributed by atoms with Gasteiger partial charge in [0.15, 0.2) is 5.69 Å². The summed E-state index contributed by atoms with van der Waals surface area (Å²) in [6, 6.07) is 0. The summed E-state index contributed by atoms with van der Waals surface area (Å²) in [5, 5.41) is 9.67. The van der Waals surface area contributed by atoms with Crippen LogP contribution in [-0.4, -0.2) is 39.3 Å². The molecule has 0 saturated carbocycles. The number of amides is 1. The van der Waals surface area contributed by atoms with Crippen molar-refractivity contribution in [1.82, 2.24) is 20.3 Å². The van der Waals surface area contributed by atoms with Gasteiger partial charge in [-0.1, -0.05) is 6.08 Å². The number of hydrogen-bond acceptors (Lipinski definition) is 3. The first-order valence-corrected chi connectivity index (χ1v) is 4.05. The third kappa shape index (κ3) is 2.14. The third-order valence-electron chi connectivity index (χ3n) is 1.65. The quantitative estimate of drug-likeness (QED) is 0.684. The molecule has 0 atom stereocenters. The standard InChI is InChI=1S/C8H12N4O/c1-3-5-12(4-2)8(13)7-6-9-11-10-7/h3,6H,1,4-5H2,2H3,(H,9,10,11). The van der Waals surface area contributed by atoms with Crippen LogP contribution in [0.3, 0.4) is 0 Å². The van der Waals surface area contributed by atoms with Gasteiger partial charge in [-0.2, -0.15) is 15.4 Å². The smallest absolute Gasteiger partial charge is 0.276 e. The summed E-state index contributed by atoms with van der Waals surface area (Å²) in [6.45, 7) is 6.65. The van der Waals surface area contributed by atoms with Gasteiger partial charge in [0.05, 0.1) is 6.20 Å². The number of aromatic amines is 1. The lowest BCUT2D eigenvalue weighted by atomic mass is 10.3. The Morgan fingerprint density at radius 1 is 1.85 bits per heavy atom. The maximum atomic E-state index is 11.6. The topological polar surface area (TPSA) is 61.9 Å². The lowest BCUT2D eigenvalue weighted by Gasteiger charge is -2.16. The summed E-state index contributed by atoms with van der Waals surface area (Å²) in [7, 11) is 0. The van der Waals surface area contributed by atoms with E-state index >= 15 is 0 Å². The summed E-state index contributed by atoms with van der Waals surface area (Å²) >= 11 is 0. The fourth-order valence-electron chi connectivity index (χ4n) is 0.978. The van der Waals surface area contributed by atoms with Gasteiger partial charge in [0, 0.05) is 13.1 Å². The molecule has 0 aliphatic carbocycles. The van der Waals surface area contributed by atoms with Gasteiger partial charge in [-0.15, -0.1) is 6.58 Å². The van der Waals surface area contributed by atoms with Crippen molar-refractivity contribution in [3.8, 4) is 0 Å². The zero-order valence-corrected chi connectivity index (χ0v) is 7.53. The van der Waals surface area contributed by atoms with Crippen LogP contribution in [0.2, 0.25) is 0 Å². The number of hydrogen-bond donors (Lipinski definition) is 1. The van der Waals surface area contributed by atoms with Gasteiger partial charge in [-0.25, -0.2) is 0 Å². The van der Waals surface area contributed by atoms with E-state index in [2.05, 4.69) is 22.0 Å². The minimum atomic E-state index is -0.129. The van der Waals surface area contributed by atoms with Crippen LogP contribution in [0.25, 0.3) is 0 Å². The Morgan fingerprint density at radius 2 is 2.62 bits per heavy atom. The van der Waals surface area contributed by atoms with Crippen molar-refractivity contribution in [1.29, 1.82) is 0 Å². The molecule has 0 aliphatic heterocycles. The zero-order chi connectivity index (χ0) is 9.68. The molecule has 1 N–H and O–H groups in total. The fourth-order valence-corrected chi connectivity index (χ4v) is 0.978. The van der Waals surface area contributed by atoms with E-state index in [1.54, 1.807) is 11.0 Å². The van der Waals surface area contributed by atoms with Crippen molar-refractivity contribution in [2.24, 2.45) is 0 Å². The Bertz CT molecular complexity index is 280. The monoisotopic (exact) mass is 180 g/mol. The van der Waals surface area contributed by atoms with Crippen LogP contribution >= 0.6 is 0 Å². The molecule has 1 rings (SSSR count). The van der Waals surface area contributed by atoms with Gasteiger partial charge < -0.3 is 4.90 Å². The van der Waals surface area contributed by atoms with Crippen molar-refractivity contribution in [2.75, 3.05) is 13.1 Å². The van der Waals surface area contributed by atoms with Gasteiger partial charge in [0.2, 0.25) is 0 Å². The van der Waals surface area contributed by atoms with Crippen LogP contribution in [0.5, 0.6) is 0 Å². The number of nitrogens with zero attached hydrogens (tertiary/aromatic N) is 3. The second-order valence-electron chi connectivity index (χ2n) is 2.49. The molecule has 5 nitrogen and oxygen atoms in total. The maximum Gasteiger partial charge on any atom is 0.276 e. The van der Waals surface area contributed by atoms with Gasteiger partial charge in [0.25, 0.3) is 5.91 Å². The van der Waals surface area contributed by atoms with Crippen LogP contribution in [0, 0.1) is 0 Å². The summed E-state index contributed by atoms with van der Waals surface area (Å²) in [4.78, 5) is 13.2. The van der Waals surface area contributed by atoms with Crippen molar-refractivity contribution < 1.29 is 4.79 Å². The minimum absolute atomic E-state index is 0.129. The molecule has 0 saturated heterocycles.